The van der Waals surface area contributed by atoms with E-state index in [2.05, 4.69) is 15.2 Å². The number of aromatic nitrogens is 1. The van der Waals surface area contributed by atoms with Crippen LogP contribution in [0.15, 0.2) is 89.7 Å². The summed E-state index contributed by atoms with van der Waals surface area (Å²) in [4.78, 5) is 22.8. The van der Waals surface area contributed by atoms with E-state index in [1.165, 1.54) is 6.26 Å². The molecule has 9 nitrogen and oxygen atoms in total. The average molecular weight is 506 g/mol. The molecule has 0 bridgehead atoms. The summed E-state index contributed by atoms with van der Waals surface area (Å²) in [6.45, 7) is 3.64. The molecule has 38 heavy (non-hydrogen) atoms. The molecule has 2 aromatic heterocycles. The third-order valence-electron chi connectivity index (χ3n) is 6.93. The quantitative estimate of drug-likeness (QED) is 0.277. The number of hydrogen-bond donors (Lipinski definition) is 3. The number of fused-ring (bicyclic) bond motifs is 2. The second-order valence-electron chi connectivity index (χ2n) is 9.32. The number of amides is 1. The average Bonchev–Trinajstić information content (AvgIpc) is 3.46. The molecule has 4 aromatic rings. The Kier molecular flexibility index (Phi) is 6.19. The number of furan rings is 1. The second-order valence-corrected chi connectivity index (χ2v) is 9.32. The lowest BCUT2D eigenvalue weighted by Gasteiger charge is -2.34. The maximum atomic E-state index is 12.5. The molecule has 0 unspecified atom stereocenters. The largest absolute Gasteiger partial charge is 0.459 e. The van der Waals surface area contributed by atoms with E-state index in [1.807, 2.05) is 65.6 Å². The smallest absolute Gasteiger partial charge is 0.289 e. The SMILES string of the molecule is N=C(c1ccc(CN2CCN(C(=O)c3ccco3)CC2)cc1)N1C(=N)c2ccccc2Nc2ncccc21. The molecule has 1 saturated heterocycles. The summed E-state index contributed by atoms with van der Waals surface area (Å²) in [5, 5.41) is 21.3. The van der Waals surface area contributed by atoms with E-state index >= 15 is 0 Å². The van der Waals surface area contributed by atoms with Crippen molar-refractivity contribution in [3.05, 3.63) is 108 Å². The van der Waals surface area contributed by atoms with Crippen LogP contribution in [0.4, 0.5) is 17.2 Å². The molecule has 2 aliphatic rings. The number of nitrogens with zero attached hydrogens (tertiary/aromatic N) is 4. The second kappa shape index (κ2) is 9.95. The van der Waals surface area contributed by atoms with Crippen LogP contribution in [0.5, 0.6) is 0 Å². The van der Waals surface area contributed by atoms with E-state index in [4.69, 9.17) is 15.2 Å². The van der Waals surface area contributed by atoms with Gasteiger partial charge in [0.1, 0.15) is 11.7 Å². The molecule has 0 spiro atoms. The van der Waals surface area contributed by atoms with Gasteiger partial charge in [0.05, 0.1) is 17.6 Å². The zero-order valence-electron chi connectivity index (χ0n) is 20.7. The molecule has 1 amide bonds. The Morgan fingerprint density at radius 1 is 0.947 bits per heavy atom. The molecule has 4 heterocycles. The van der Waals surface area contributed by atoms with Crippen LogP contribution in [-0.4, -0.2) is 58.5 Å². The number of carbonyl (C=O) groups excluding carboxylic acids is 1. The van der Waals surface area contributed by atoms with Gasteiger partial charge in [0.25, 0.3) is 5.91 Å². The van der Waals surface area contributed by atoms with E-state index in [1.54, 1.807) is 23.2 Å². The monoisotopic (exact) mass is 505 g/mol. The first-order valence-electron chi connectivity index (χ1n) is 12.5. The molecule has 0 atom stereocenters. The molecule has 9 heteroatoms. The van der Waals surface area contributed by atoms with Crippen molar-refractivity contribution in [2.75, 3.05) is 36.4 Å². The third-order valence-corrected chi connectivity index (χ3v) is 6.93. The van der Waals surface area contributed by atoms with Gasteiger partial charge in [-0.3, -0.25) is 25.4 Å². The highest BCUT2D eigenvalue weighted by Crippen LogP contribution is 2.34. The van der Waals surface area contributed by atoms with Crippen LogP contribution in [-0.2, 0) is 6.54 Å². The number of rotatable bonds is 4. The Morgan fingerprint density at radius 3 is 2.50 bits per heavy atom. The number of hydrogen-bond acceptors (Lipinski definition) is 7. The highest BCUT2D eigenvalue weighted by atomic mass is 16.3. The van der Waals surface area contributed by atoms with Crippen molar-refractivity contribution in [3.63, 3.8) is 0 Å². The van der Waals surface area contributed by atoms with Gasteiger partial charge < -0.3 is 14.6 Å². The third kappa shape index (κ3) is 4.44. The van der Waals surface area contributed by atoms with Gasteiger partial charge in [-0.25, -0.2) is 4.98 Å². The van der Waals surface area contributed by atoms with Gasteiger partial charge in [0.2, 0.25) is 0 Å². The molecular weight excluding hydrogens is 478 g/mol. The summed E-state index contributed by atoms with van der Waals surface area (Å²) in [6.07, 6.45) is 3.22. The fourth-order valence-electron chi connectivity index (χ4n) is 4.89. The molecule has 190 valence electrons. The molecule has 0 aliphatic carbocycles. The first-order chi connectivity index (χ1) is 18.6. The highest BCUT2D eigenvalue weighted by Gasteiger charge is 2.28. The zero-order valence-corrected chi connectivity index (χ0v) is 20.7. The Balaban J connectivity index is 1.16. The van der Waals surface area contributed by atoms with Gasteiger partial charge >= 0.3 is 0 Å². The Bertz CT molecular complexity index is 1490. The summed E-state index contributed by atoms with van der Waals surface area (Å²) in [7, 11) is 0. The predicted molar refractivity (Wildman–Crippen MR) is 146 cm³/mol. The van der Waals surface area contributed by atoms with E-state index in [9.17, 15) is 4.79 Å². The van der Waals surface area contributed by atoms with Gasteiger partial charge in [-0.1, -0.05) is 36.4 Å². The van der Waals surface area contributed by atoms with Crippen molar-refractivity contribution in [1.82, 2.24) is 14.8 Å². The van der Waals surface area contributed by atoms with Crippen LogP contribution < -0.4 is 10.2 Å². The van der Waals surface area contributed by atoms with Crippen molar-refractivity contribution in [2.45, 2.75) is 6.54 Å². The molecule has 2 aromatic carbocycles. The van der Waals surface area contributed by atoms with E-state index in [-0.39, 0.29) is 17.6 Å². The summed E-state index contributed by atoms with van der Waals surface area (Å²) >= 11 is 0. The molecule has 3 N–H and O–H groups in total. The number of nitrogens with one attached hydrogen (secondary N) is 3. The molecule has 1 fully saturated rings. The van der Waals surface area contributed by atoms with E-state index < -0.39 is 0 Å². The standard InChI is InChI=1S/C29H27N7O2/c30-26(36-24-7-3-13-32-28(24)33-23-6-2-1-5-22(23)27(36)31)21-11-9-20(10-12-21)19-34-14-16-35(17-15-34)29(37)25-8-4-18-38-25/h1-13,18,30-31H,14-17,19H2,(H,32,33). The number of anilines is 3. The number of pyridine rings is 1. The number of piperazine rings is 1. The number of benzene rings is 2. The van der Waals surface area contributed by atoms with Crippen LogP contribution in [0.2, 0.25) is 0 Å². The highest BCUT2D eigenvalue weighted by molar-refractivity contribution is 6.30. The normalized spacial score (nSPS) is 15.3. The van der Waals surface area contributed by atoms with Crippen LogP contribution in [0, 0.1) is 10.8 Å². The first-order valence-corrected chi connectivity index (χ1v) is 12.5. The van der Waals surface area contributed by atoms with Crippen molar-refractivity contribution >= 4 is 34.8 Å². The maximum Gasteiger partial charge on any atom is 0.289 e. The molecular formula is C29H27N7O2. The Morgan fingerprint density at radius 2 is 1.74 bits per heavy atom. The summed E-state index contributed by atoms with van der Waals surface area (Å²) in [5.74, 6) is 1.35. The van der Waals surface area contributed by atoms with Crippen LogP contribution in [0.3, 0.4) is 0 Å². The molecule has 2 aliphatic heterocycles. The lowest BCUT2D eigenvalue weighted by molar-refractivity contribution is 0.0598. The van der Waals surface area contributed by atoms with Gasteiger partial charge in [0.15, 0.2) is 11.6 Å². The van der Waals surface area contributed by atoms with Gasteiger partial charge in [-0.2, -0.15) is 0 Å². The fourth-order valence-corrected chi connectivity index (χ4v) is 4.89. The number of para-hydroxylation sites is 1. The van der Waals surface area contributed by atoms with Crippen LogP contribution in [0.25, 0.3) is 0 Å². The number of amidine groups is 2. The van der Waals surface area contributed by atoms with Gasteiger partial charge in [-0.15, -0.1) is 0 Å². The lowest BCUT2D eigenvalue weighted by atomic mass is 10.1. The zero-order chi connectivity index (χ0) is 26.1. The summed E-state index contributed by atoms with van der Waals surface area (Å²) in [6, 6.07) is 22.6. The topological polar surface area (TPSA) is 113 Å². The number of carbonyl (C=O) groups is 1. The molecule has 6 rings (SSSR count). The Hall–Kier alpha value is -4.76. The van der Waals surface area contributed by atoms with Gasteiger partial charge in [-0.05, 0) is 42.0 Å². The minimum absolute atomic E-state index is 0.0637. The van der Waals surface area contributed by atoms with Crippen molar-refractivity contribution in [1.29, 1.82) is 10.8 Å². The minimum Gasteiger partial charge on any atom is -0.459 e. The van der Waals surface area contributed by atoms with Gasteiger partial charge in [0, 0.05) is 50.0 Å². The molecule has 0 radical (unpaired) electrons. The predicted octanol–water partition coefficient (Wildman–Crippen LogP) is 4.55. The fraction of sp³-hybridized carbons (Fsp3) is 0.172. The van der Waals surface area contributed by atoms with Crippen LogP contribution >= 0.6 is 0 Å². The minimum atomic E-state index is -0.0637. The van der Waals surface area contributed by atoms with Crippen LogP contribution in [0.1, 0.15) is 27.2 Å². The molecule has 0 saturated carbocycles. The van der Waals surface area contributed by atoms with Crippen molar-refractivity contribution in [2.24, 2.45) is 0 Å². The first kappa shape index (κ1) is 23.6. The van der Waals surface area contributed by atoms with Crippen molar-refractivity contribution in [3.8, 4) is 0 Å². The lowest BCUT2D eigenvalue weighted by Crippen LogP contribution is -2.48. The Labute approximate surface area is 220 Å². The van der Waals surface area contributed by atoms with E-state index in [0.717, 1.165) is 30.9 Å². The maximum absolute atomic E-state index is 12.5. The summed E-state index contributed by atoms with van der Waals surface area (Å²) < 4.78 is 5.25. The van der Waals surface area contributed by atoms with Crippen molar-refractivity contribution < 1.29 is 9.21 Å². The van der Waals surface area contributed by atoms with E-state index in [0.29, 0.717) is 41.5 Å². The summed E-state index contributed by atoms with van der Waals surface area (Å²) in [5.41, 5.74) is 3.99.